The van der Waals surface area contributed by atoms with Crippen molar-refractivity contribution in [3.63, 3.8) is 0 Å². The first-order valence-electron chi connectivity index (χ1n) is 6.73. The molecule has 1 aliphatic heterocycles. The molecule has 116 valence electrons. The Kier molecular flexibility index (Phi) is 3.82. The molecule has 0 spiro atoms. The minimum atomic E-state index is 0.166. The maximum atomic E-state index is 5.54. The largest absolute Gasteiger partial charge is 0.493 e. The molecule has 6 nitrogen and oxygen atoms in total. The second kappa shape index (κ2) is 5.93. The topological polar surface area (TPSA) is 58.2 Å². The standard InChI is InChI=1S/C16H17NO5/c1-18-12-6-4-5-10(14(12)20-3)17-11-7-8-13(19-2)16-15(11)21-9-22-16/h4-8,17H,9H2,1-3H3. The van der Waals surface area contributed by atoms with Gasteiger partial charge in [0.2, 0.25) is 12.5 Å². The predicted octanol–water partition coefficient (Wildman–Crippen LogP) is 3.18. The summed E-state index contributed by atoms with van der Waals surface area (Å²) in [6.45, 7) is 0.166. The van der Waals surface area contributed by atoms with Gasteiger partial charge in [0.1, 0.15) is 0 Å². The van der Waals surface area contributed by atoms with Gasteiger partial charge >= 0.3 is 0 Å². The Morgan fingerprint density at radius 3 is 2.32 bits per heavy atom. The van der Waals surface area contributed by atoms with Gasteiger partial charge in [-0.2, -0.15) is 0 Å². The van der Waals surface area contributed by atoms with Gasteiger partial charge in [0.25, 0.3) is 0 Å². The number of fused-ring (bicyclic) bond motifs is 1. The number of ether oxygens (including phenoxy) is 5. The first-order valence-corrected chi connectivity index (χ1v) is 6.73. The van der Waals surface area contributed by atoms with Crippen molar-refractivity contribution in [2.75, 3.05) is 33.4 Å². The average molecular weight is 303 g/mol. The molecule has 0 saturated carbocycles. The number of hydrogen-bond donors (Lipinski definition) is 1. The van der Waals surface area contributed by atoms with Crippen LogP contribution in [0.2, 0.25) is 0 Å². The lowest BCUT2D eigenvalue weighted by Gasteiger charge is -2.15. The molecule has 6 heteroatoms. The Bertz CT molecular complexity index is 686. The molecule has 0 amide bonds. The van der Waals surface area contributed by atoms with Crippen LogP contribution in [0.5, 0.6) is 28.7 Å². The lowest BCUT2D eigenvalue weighted by atomic mass is 10.2. The lowest BCUT2D eigenvalue weighted by Crippen LogP contribution is -1.99. The van der Waals surface area contributed by atoms with Gasteiger partial charge in [-0.05, 0) is 24.3 Å². The first kappa shape index (κ1) is 14.2. The quantitative estimate of drug-likeness (QED) is 0.915. The molecule has 0 unspecified atom stereocenters. The summed E-state index contributed by atoms with van der Waals surface area (Å²) in [4.78, 5) is 0. The summed E-state index contributed by atoms with van der Waals surface area (Å²) in [5.41, 5.74) is 1.53. The SMILES string of the molecule is COc1cccc(Nc2ccc(OC)c3c2OCO3)c1OC. The van der Waals surface area contributed by atoms with Gasteiger partial charge in [0, 0.05) is 0 Å². The Morgan fingerprint density at radius 1 is 0.818 bits per heavy atom. The van der Waals surface area contributed by atoms with Gasteiger partial charge < -0.3 is 29.0 Å². The van der Waals surface area contributed by atoms with E-state index in [9.17, 15) is 0 Å². The highest BCUT2D eigenvalue weighted by molar-refractivity contribution is 5.77. The summed E-state index contributed by atoms with van der Waals surface area (Å²) < 4.78 is 27.0. The van der Waals surface area contributed by atoms with Crippen LogP contribution >= 0.6 is 0 Å². The van der Waals surface area contributed by atoms with E-state index in [1.807, 2.05) is 30.3 Å². The van der Waals surface area contributed by atoms with Crippen LogP contribution in [0.1, 0.15) is 0 Å². The highest BCUT2D eigenvalue weighted by Gasteiger charge is 2.23. The van der Waals surface area contributed by atoms with Crippen molar-refractivity contribution >= 4 is 11.4 Å². The van der Waals surface area contributed by atoms with E-state index in [-0.39, 0.29) is 6.79 Å². The van der Waals surface area contributed by atoms with E-state index >= 15 is 0 Å². The molecule has 0 atom stereocenters. The molecule has 1 heterocycles. The van der Waals surface area contributed by atoms with Crippen LogP contribution in [0, 0.1) is 0 Å². The fourth-order valence-electron chi connectivity index (χ4n) is 2.36. The Morgan fingerprint density at radius 2 is 1.59 bits per heavy atom. The maximum Gasteiger partial charge on any atom is 0.231 e. The molecular formula is C16H17NO5. The summed E-state index contributed by atoms with van der Waals surface area (Å²) in [5, 5.41) is 3.28. The third-order valence-electron chi connectivity index (χ3n) is 3.37. The van der Waals surface area contributed by atoms with Gasteiger partial charge in [-0.1, -0.05) is 6.07 Å². The van der Waals surface area contributed by atoms with E-state index in [0.717, 1.165) is 11.4 Å². The minimum Gasteiger partial charge on any atom is -0.493 e. The number of nitrogens with one attached hydrogen (secondary N) is 1. The van der Waals surface area contributed by atoms with Crippen LogP contribution in [0.25, 0.3) is 0 Å². The van der Waals surface area contributed by atoms with Crippen LogP contribution in [0.15, 0.2) is 30.3 Å². The van der Waals surface area contributed by atoms with Crippen LogP contribution in [-0.2, 0) is 0 Å². The van der Waals surface area contributed by atoms with Crippen molar-refractivity contribution in [2.24, 2.45) is 0 Å². The molecule has 0 bridgehead atoms. The molecule has 0 fully saturated rings. The molecule has 0 aromatic heterocycles. The smallest absolute Gasteiger partial charge is 0.231 e. The van der Waals surface area contributed by atoms with E-state index in [0.29, 0.717) is 28.7 Å². The number of methoxy groups -OCH3 is 3. The zero-order valence-corrected chi connectivity index (χ0v) is 12.6. The van der Waals surface area contributed by atoms with Crippen molar-refractivity contribution in [1.29, 1.82) is 0 Å². The summed E-state index contributed by atoms with van der Waals surface area (Å²) in [6, 6.07) is 9.30. The summed E-state index contributed by atoms with van der Waals surface area (Å²) >= 11 is 0. The van der Waals surface area contributed by atoms with Crippen molar-refractivity contribution in [3.8, 4) is 28.7 Å². The zero-order valence-electron chi connectivity index (χ0n) is 12.6. The molecule has 3 rings (SSSR count). The van der Waals surface area contributed by atoms with Gasteiger partial charge in [-0.3, -0.25) is 0 Å². The van der Waals surface area contributed by atoms with Crippen molar-refractivity contribution < 1.29 is 23.7 Å². The summed E-state index contributed by atoms with van der Waals surface area (Å²) in [6.07, 6.45) is 0. The third kappa shape index (κ3) is 2.32. The first-order chi connectivity index (χ1) is 10.8. The molecule has 1 aliphatic rings. The number of rotatable bonds is 5. The predicted molar refractivity (Wildman–Crippen MR) is 81.9 cm³/mol. The molecule has 22 heavy (non-hydrogen) atoms. The van der Waals surface area contributed by atoms with E-state index in [4.69, 9.17) is 23.7 Å². The van der Waals surface area contributed by atoms with Gasteiger partial charge in [0.05, 0.1) is 32.7 Å². The second-order valence-corrected chi connectivity index (χ2v) is 4.55. The minimum absolute atomic E-state index is 0.166. The second-order valence-electron chi connectivity index (χ2n) is 4.55. The summed E-state index contributed by atoms with van der Waals surface area (Å²) in [5.74, 6) is 3.11. The van der Waals surface area contributed by atoms with Gasteiger partial charge in [-0.15, -0.1) is 0 Å². The fourth-order valence-corrected chi connectivity index (χ4v) is 2.36. The van der Waals surface area contributed by atoms with Crippen molar-refractivity contribution in [3.05, 3.63) is 30.3 Å². The monoisotopic (exact) mass is 303 g/mol. The van der Waals surface area contributed by atoms with Gasteiger partial charge in [0.15, 0.2) is 23.0 Å². The lowest BCUT2D eigenvalue weighted by molar-refractivity contribution is 0.171. The van der Waals surface area contributed by atoms with E-state index < -0.39 is 0 Å². The zero-order chi connectivity index (χ0) is 15.5. The van der Waals surface area contributed by atoms with Crippen LogP contribution in [0.4, 0.5) is 11.4 Å². The fraction of sp³-hybridized carbons (Fsp3) is 0.250. The van der Waals surface area contributed by atoms with Gasteiger partial charge in [-0.25, -0.2) is 0 Å². The highest BCUT2D eigenvalue weighted by atomic mass is 16.7. The van der Waals surface area contributed by atoms with Crippen molar-refractivity contribution in [1.82, 2.24) is 0 Å². The highest BCUT2D eigenvalue weighted by Crippen LogP contribution is 2.48. The maximum absolute atomic E-state index is 5.54. The Balaban J connectivity index is 2.00. The number of anilines is 2. The molecule has 2 aromatic carbocycles. The normalized spacial score (nSPS) is 12.0. The average Bonchev–Trinajstić information content (AvgIpc) is 3.05. The van der Waals surface area contributed by atoms with Crippen molar-refractivity contribution in [2.45, 2.75) is 0 Å². The molecule has 0 saturated heterocycles. The van der Waals surface area contributed by atoms with Crippen LogP contribution in [0.3, 0.4) is 0 Å². The van der Waals surface area contributed by atoms with E-state index in [2.05, 4.69) is 5.32 Å². The number of benzene rings is 2. The molecule has 1 N–H and O–H groups in total. The molecular weight excluding hydrogens is 286 g/mol. The van der Waals surface area contributed by atoms with E-state index in [1.54, 1.807) is 21.3 Å². The van der Waals surface area contributed by atoms with Crippen LogP contribution in [-0.4, -0.2) is 28.1 Å². The Labute approximate surface area is 128 Å². The third-order valence-corrected chi connectivity index (χ3v) is 3.37. The number of para-hydroxylation sites is 1. The molecule has 2 aromatic rings. The number of hydrogen-bond acceptors (Lipinski definition) is 6. The molecule has 0 aliphatic carbocycles. The summed E-state index contributed by atoms with van der Waals surface area (Å²) in [7, 11) is 4.79. The Hall–Kier alpha value is -2.76. The van der Waals surface area contributed by atoms with Crippen LogP contribution < -0.4 is 29.0 Å². The molecule has 0 radical (unpaired) electrons. The van der Waals surface area contributed by atoms with E-state index in [1.165, 1.54) is 0 Å².